The molecule has 1 N–H and O–H groups in total. The van der Waals surface area contributed by atoms with Gasteiger partial charge in [0, 0.05) is 31.1 Å². The Labute approximate surface area is 150 Å². The summed E-state index contributed by atoms with van der Waals surface area (Å²) < 4.78 is 0. The van der Waals surface area contributed by atoms with Gasteiger partial charge in [-0.25, -0.2) is 0 Å². The number of carbonyl (C=O) groups excluding carboxylic acids is 2. The molecule has 0 bridgehead atoms. The lowest BCUT2D eigenvalue weighted by Gasteiger charge is -2.41. The van der Waals surface area contributed by atoms with Crippen LogP contribution in [0.4, 0.5) is 0 Å². The number of aromatic nitrogens is 1. The Hall–Kier alpha value is -1.91. The minimum Gasteiger partial charge on any atom is -0.350 e. The van der Waals surface area contributed by atoms with Gasteiger partial charge in [0.2, 0.25) is 11.8 Å². The van der Waals surface area contributed by atoms with E-state index < -0.39 is 0 Å². The van der Waals surface area contributed by atoms with E-state index in [1.54, 1.807) is 6.20 Å². The van der Waals surface area contributed by atoms with Gasteiger partial charge in [-0.15, -0.1) is 0 Å². The van der Waals surface area contributed by atoms with Crippen LogP contribution in [0, 0.1) is 17.3 Å². The highest BCUT2D eigenvalue weighted by atomic mass is 16.2. The van der Waals surface area contributed by atoms with Crippen LogP contribution in [0.1, 0.15) is 51.6 Å². The third kappa shape index (κ3) is 4.02. The first-order chi connectivity index (χ1) is 12.0. The summed E-state index contributed by atoms with van der Waals surface area (Å²) in [6.07, 6.45) is 6.53. The molecule has 1 saturated carbocycles. The first-order valence-electron chi connectivity index (χ1n) is 9.45. The van der Waals surface area contributed by atoms with Crippen molar-refractivity contribution in [1.82, 2.24) is 15.2 Å². The van der Waals surface area contributed by atoms with E-state index in [1.807, 2.05) is 23.1 Å². The molecule has 1 aliphatic heterocycles. The van der Waals surface area contributed by atoms with E-state index in [9.17, 15) is 9.59 Å². The number of carbonyl (C=O) groups is 2. The van der Waals surface area contributed by atoms with E-state index in [1.165, 1.54) is 0 Å². The molecule has 3 rings (SSSR count). The maximum atomic E-state index is 12.8. The standard InChI is InChI=1S/C20H29N3O2/c1-15(2)7-8-18(24)23-13-17(20(14-23)9-5-10-20)19(25)22-12-16-6-3-4-11-21-16/h3-4,6,11,15,17H,5,7-10,12-14H2,1-2H3,(H,22,25). The molecule has 136 valence electrons. The Morgan fingerprint density at radius 1 is 1.36 bits per heavy atom. The van der Waals surface area contributed by atoms with Crippen molar-refractivity contribution in [3.8, 4) is 0 Å². The van der Waals surface area contributed by atoms with Gasteiger partial charge < -0.3 is 10.2 Å². The molecule has 1 atom stereocenters. The van der Waals surface area contributed by atoms with Crippen molar-refractivity contribution in [2.45, 2.75) is 52.5 Å². The highest BCUT2D eigenvalue weighted by Gasteiger charge is 2.54. The van der Waals surface area contributed by atoms with Gasteiger partial charge in [-0.3, -0.25) is 14.6 Å². The Morgan fingerprint density at radius 2 is 2.16 bits per heavy atom. The number of nitrogens with one attached hydrogen (secondary N) is 1. The molecule has 2 aliphatic rings. The minimum absolute atomic E-state index is 0.0156. The molecule has 5 nitrogen and oxygen atoms in total. The Kier molecular flexibility index (Phi) is 5.40. The van der Waals surface area contributed by atoms with E-state index in [2.05, 4.69) is 24.1 Å². The zero-order valence-electron chi connectivity index (χ0n) is 15.3. The summed E-state index contributed by atoms with van der Waals surface area (Å²) in [5, 5.41) is 3.03. The summed E-state index contributed by atoms with van der Waals surface area (Å²) in [5.74, 6) is 0.735. The predicted molar refractivity (Wildman–Crippen MR) is 96.5 cm³/mol. The summed E-state index contributed by atoms with van der Waals surface area (Å²) in [7, 11) is 0. The lowest BCUT2D eigenvalue weighted by atomic mass is 9.62. The lowest BCUT2D eigenvalue weighted by molar-refractivity contribution is -0.131. The highest BCUT2D eigenvalue weighted by molar-refractivity contribution is 5.83. The molecule has 1 aromatic heterocycles. The molecule has 2 amide bonds. The van der Waals surface area contributed by atoms with Crippen molar-refractivity contribution in [2.75, 3.05) is 13.1 Å². The van der Waals surface area contributed by atoms with Gasteiger partial charge in [-0.2, -0.15) is 0 Å². The number of nitrogens with zero attached hydrogens (tertiary/aromatic N) is 2. The molecule has 0 aromatic carbocycles. The number of pyridine rings is 1. The molecule has 2 heterocycles. The van der Waals surface area contributed by atoms with E-state index >= 15 is 0 Å². The molecule has 1 spiro atoms. The molecule has 0 radical (unpaired) electrons. The zero-order valence-corrected chi connectivity index (χ0v) is 15.3. The fourth-order valence-electron chi connectivity index (χ4n) is 4.03. The Bertz CT molecular complexity index is 611. The second-order valence-electron chi connectivity index (χ2n) is 8.01. The van der Waals surface area contributed by atoms with E-state index in [-0.39, 0.29) is 23.1 Å². The molecule has 1 aliphatic carbocycles. The summed E-state index contributed by atoms with van der Waals surface area (Å²) in [6, 6.07) is 5.70. The van der Waals surface area contributed by atoms with Crippen LogP contribution >= 0.6 is 0 Å². The third-order valence-corrected chi connectivity index (χ3v) is 5.77. The fraction of sp³-hybridized carbons (Fsp3) is 0.650. The first kappa shape index (κ1) is 17.9. The van der Waals surface area contributed by atoms with Gasteiger partial charge in [0.25, 0.3) is 0 Å². The number of rotatable bonds is 6. The van der Waals surface area contributed by atoms with Crippen LogP contribution in [0.15, 0.2) is 24.4 Å². The van der Waals surface area contributed by atoms with Crippen LogP contribution in [-0.4, -0.2) is 34.8 Å². The van der Waals surface area contributed by atoms with E-state index in [4.69, 9.17) is 0 Å². The van der Waals surface area contributed by atoms with Gasteiger partial charge in [0.15, 0.2) is 0 Å². The van der Waals surface area contributed by atoms with Crippen LogP contribution < -0.4 is 5.32 Å². The van der Waals surface area contributed by atoms with Gasteiger partial charge >= 0.3 is 0 Å². The summed E-state index contributed by atoms with van der Waals surface area (Å²) in [5.41, 5.74) is 0.878. The maximum absolute atomic E-state index is 12.8. The average molecular weight is 343 g/mol. The van der Waals surface area contributed by atoms with Crippen molar-refractivity contribution >= 4 is 11.8 Å². The summed E-state index contributed by atoms with van der Waals surface area (Å²) in [6.45, 7) is 6.06. The molecule has 1 aromatic rings. The second kappa shape index (κ2) is 7.54. The molecular weight excluding hydrogens is 314 g/mol. The predicted octanol–water partition coefficient (Wildman–Crippen LogP) is 2.76. The Balaban J connectivity index is 1.59. The molecule has 1 unspecified atom stereocenters. The second-order valence-corrected chi connectivity index (χ2v) is 8.01. The van der Waals surface area contributed by atoms with Gasteiger partial charge in [-0.1, -0.05) is 26.3 Å². The third-order valence-electron chi connectivity index (χ3n) is 5.77. The zero-order chi connectivity index (χ0) is 17.9. The van der Waals surface area contributed by atoms with E-state index in [0.717, 1.165) is 37.9 Å². The maximum Gasteiger partial charge on any atom is 0.225 e. The molecule has 2 fully saturated rings. The quantitative estimate of drug-likeness (QED) is 0.864. The SMILES string of the molecule is CC(C)CCC(=O)N1CC(C(=O)NCc2ccccn2)C2(CCC2)C1. The van der Waals surface area contributed by atoms with Gasteiger partial charge in [0.05, 0.1) is 18.2 Å². The van der Waals surface area contributed by atoms with Crippen molar-refractivity contribution in [3.05, 3.63) is 30.1 Å². The topological polar surface area (TPSA) is 62.3 Å². The van der Waals surface area contributed by atoms with Crippen LogP contribution in [0.2, 0.25) is 0 Å². The highest BCUT2D eigenvalue weighted by Crippen LogP contribution is 2.51. The van der Waals surface area contributed by atoms with Crippen molar-refractivity contribution in [3.63, 3.8) is 0 Å². The minimum atomic E-state index is -0.0760. The summed E-state index contributed by atoms with van der Waals surface area (Å²) >= 11 is 0. The normalized spacial score (nSPS) is 21.4. The van der Waals surface area contributed by atoms with Crippen LogP contribution in [0.3, 0.4) is 0 Å². The fourth-order valence-corrected chi connectivity index (χ4v) is 4.03. The smallest absolute Gasteiger partial charge is 0.225 e. The number of hydrogen-bond donors (Lipinski definition) is 1. The van der Waals surface area contributed by atoms with Crippen molar-refractivity contribution < 1.29 is 9.59 Å². The number of likely N-dealkylation sites (tertiary alicyclic amines) is 1. The monoisotopic (exact) mass is 343 g/mol. The van der Waals surface area contributed by atoms with Crippen molar-refractivity contribution in [1.29, 1.82) is 0 Å². The largest absolute Gasteiger partial charge is 0.350 e. The van der Waals surface area contributed by atoms with Gasteiger partial charge in [0.1, 0.15) is 0 Å². The summed E-state index contributed by atoms with van der Waals surface area (Å²) in [4.78, 5) is 31.5. The first-order valence-corrected chi connectivity index (χ1v) is 9.45. The Morgan fingerprint density at radius 3 is 2.76 bits per heavy atom. The van der Waals surface area contributed by atoms with Crippen LogP contribution in [0.25, 0.3) is 0 Å². The molecular formula is C20H29N3O2. The van der Waals surface area contributed by atoms with Crippen LogP contribution in [0.5, 0.6) is 0 Å². The average Bonchev–Trinajstić information content (AvgIpc) is 3.00. The molecule has 1 saturated heterocycles. The number of hydrogen-bond acceptors (Lipinski definition) is 3. The van der Waals surface area contributed by atoms with E-state index in [0.29, 0.717) is 25.4 Å². The molecule has 5 heteroatoms. The number of amides is 2. The lowest BCUT2D eigenvalue weighted by Crippen LogP contribution is -2.45. The molecule has 25 heavy (non-hydrogen) atoms. The van der Waals surface area contributed by atoms with Crippen LogP contribution in [-0.2, 0) is 16.1 Å². The van der Waals surface area contributed by atoms with Crippen molar-refractivity contribution in [2.24, 2.45) is 17.3 Å². The van der Waals surface area contributed by atoms with Gasteiger partial charge in [-0.05, 0) is 37.3 Å².